The molecule has 0 saturated carbocycles. The van der Waals surface area contributed by atoms with Crippen LogP contribution in [0.5, 0.6) is 0 Å². The van der Waals surface area contributed by atoms with E-state index < -0.39 is 0 Å². The molecule has 0 radical (unpaired) electrons. The maximum atomic E-state index is 13.0. The molecule has 0 saturated heterocycles. The summed E-state index contributed by atoms with van der Waals surface area (Å²) in [4.78, 5) is 15.0. The summed E-state index contributed by atoms with van der Waals surface area (Å²) in [5.41, 5.74) is 3.15. The van der Waals surface area contributed by atoms with Crippen LogP contribution in [0.25, 0.3) is 5.65 Å². The molecule has 0 fully saturated rings. The summed E-state index contributed by atoms with van der Waals surface area (Å²) in [6.45, 7) is 1.28. The third kappa shape index (κ3) is 5.03. The zero-order chi connectivity index (χ0) is 19.9. The zero-order valence-electron chi connectivity index (χ0n) is 16.0. The Hall–Kier alpha value is -3.12. The summed E-state index contributed by atoms with van der Waals surface area (Å²) in [5, 5.41) is 9.09. The summed E-state index contributed by atoms with van der Waals surface area (Å²) in [7, 11) is 0. The van der Waals surface area contributed by atoms with Crippen molar-refractivity contribution in [2.45, 2.75) is 18.1 Å². The van der Waals surface area contributed by atoms with Gasteiger partial charge in [-0.3, -0.25) is 9.20 Å². The summed E-state index contributed by atoms with van der Waals surface area (Å²) in [5.74, 6) is 0.430. The van der Waals surface area contributed by atoms with Crippen LogP contribution in [0.4, 0.5) is 0 Å². The highest BCUT2D eigenvalue weighted by atomic mass is 32.2. The van der Waals surface area contributed by atoms with Crippen molar-refractivity contribution in [2.24, 2.45) is 0 Å². The van der Waals surface area contributed by atoms with Crippen LogP contribution in [-0.4, -0.2) is 37.7 Å². The van der Waals surface area contributed by atoms with Gasteiger partial charge in [-0.05, 0) is 29.7 Å². The summed E-state index contributed by atoms with van der Waals surface area (Å²) < 4.78 is 1.91. The van der Waals surface area contributed by atoms with Gasteiger partial charge in [0.1, 0.15) is 0 Å². The second kappa shape index (κ2) is 9.39. The van der Waals surface area contributed by atoms with Gasteiger partial charge in [0.15, 0.2) is 10.8 Å². The van der Waals surface area contributed by atoms with E-state index in [1.807, 2.05) is 70.1 Å². The van der Waals surface area contributed by atoms with Crippen molar-refractivity contribution < 1.29 is 4.79 Å². The van der Waals surface area contributed by atoms with E-state index in [0.717, 1.165) is 22.8 Å². The van der Waals surface area contributed by atoms with Crippen molar-refractivity contribution in [1.82, 2.24) is 19.5 Å². The number of thioether (sulfide) groups is 1. The van der Waals surface area contributed by atoms with Crippen molar-refractivity contribution in [1.29, 1.82) is 0 Å². The third-order valence-corrected chi connectivity index (χ3v) is 5.62. The van der Waals surface area contributed by atoms with Crippen LogP contribution in [0.15, 0.2) is 90.2 Å². The van der Waals surface area contributed by atoms with E-state index in [9.17, 15) is 4.79 Å². The Kier molecular flexibility index (Phi) is 6.22. The largest absolute Gasteiger partial charge is 0.337 e. The number of hydrogen-bond donors (Lipinski definition) is 0. The first kappa shape index (κ1) is 19.2. The van der Waals surface area contributed by atoms with Crippen molar-refractivity contribution >= 4 is 23.3 Å². The Morgan fingerprint density at radius 2 is 1.55 bits per heavy atom. The third-order valence-electron chi connectivity index (χ3n) is 4.69. The van der Waals surface area contributed by atoms with E-state index in [0.29, 0.717) is 18.8 Å². The molecule has 0 aliphatic rings. The van der Waals surface area contributed by atoms with Crippen LogP contribution in [0.1, 0.15) is 11.1 Å². The van der Waals surface area contributed by atoms with E-state index >= 15 is 0 Å². The van der Waals surface area contributed by atoms with E-state index in [1.165, 1.54) is 17.3 Å². The summed E-state index contributed by atoms with van der Waals surface area (Å²) in [6, 6.07) is 26.2. The van der Waals surface area contributed by atoms with Crippen LogP contribution >= 0.6 is 11.8 Å². The predicted molar refractivity (Wildman–Crippen MR) is 116 cm³/mol. The summed E-state index contributed by atoms with van der Waals surface area (Å²) >= 11 is 1.42. The Morgan fingerprint density at radius 3 is 2.31 bits per heavy atom. The van der Waals surface area contributed by atoms with E-state index in [-0.39, 0.29) is 5.91 Å². The fourth-order valence-corrected chi connectivity index (χ4v) is 3.97. The monoisotopic (exact) mass is 402 g/mol. The number of pyridine rings is 1. The molecule has 0 aliphatic heterocycles. The average molecular weight is 403 g/mol. The van der Waals surface area contributed by atoms with Crippen molar-refractivity contribution in [2.75, 3.05) is 12.3 Å². The molecule has 0 unspecified atom stereocenters. The Bertz CT molecular complexity index is 1070. The normalized spacial score (nSPS) is 10.9. The fourth-order valence-electron chi connectivity index (χ4n) is 3.14. The van der Waals surface area contributed by atoms with Crippen molar-refractivity contribution in [3.8, 4) is 0 Å². The molecule has 0 aliphatic carbocycles. The maximum absolute atomic E-state index is 13.0. The number of hydrogen-bond acceptors (Lipinski definition) is 4. The van der Waals surface area contributed by atoms with Gasteiger partial charge in [0, 0.05) is 19.3 Å². The SMILES string of the molecule is O=C(CSc1nnc2ccccn12)N(CCc1ccccc1)Cc1ccccc1. The first-order chi connectivity index (χ1) is 14.3. The molecular formula is C23H22N4OS. The van der Waals surface area contributed by atoms with Crippen LogP contribution < -0.4 is 0 Å². The quantitative estimate of drug-likeness (QED) is 0.417. The molecular weight excluding hydrogens is 380 g/mol. The lowest BCUT2D eigenvalue weighted by molar-refractivity contribution is -0.128. The van der Waals surface area contributed by atoms with Gasteiger partial charge in [0.25, 0.3) is 0 Å². The highest BCUT2D eigenvalue weighted by Gasteiger charge is 2.16. The molecule has 2 heterocycles. The first-order valence-electron chi connectivity index (χ1n) is 9.58. The van der Waals surface area contributed by atoms with Gasteiger partial charge >= 0.3 is 0 Å². The average Bonchev–Trinajstić information content (AvgIpc) is 3.19. The lowest BCUT2D eigenvalue weighted by Gasteiger charge is -2.23. The minimum absolute atomic E-state index is 0.0995. The van der Waals surface area contributed by atoms with Crippen LogP contribution in [0.3, 0.4) is 0 Å². The molecule has 0 bridgehead atoms. The standard InChI is InChI=1S/C23H22N4OS/c28-22(18-29-23-25-24-21-13-7-8-15-27(21)23)26(17-20-11-5-2-6-12-20)16-14-19-9-3-1-4-10-19/h1-13,15H,14,16-18H2. The van der Waals surface area contributed by atoms with Crippen LogP contribution in [0.2, 0.25) is 0 Å². The molecule has 5 nitrogen and oxygen atoms in total. The number of rotatable bonds is 8. The van der Waals surface area contributed by atoms with Gasteiger partial charge in [-0.1, -0.05) is 78.5 Å². The van der Waals surface area contributed by atoms with E-state index in [4.69, 9.17) is 0 Å². The molecule has 4 rings (SSSR count). The number of nitrogens with zero attached hydrogens (tertiary/aromatic N) is 4. The maximum Gasteiger partial charge on any atom is 0.233 e. The molecule has 2 aromatic heterocycles. The van der Waals surface area contributed by atoms with Crippen molar-refractivity contribution in [3.63, 3.8) is 0 Å². The Morgan fingerprint density at radius 1 is 0.862 bits per heavy atom. The molecule has 0 N–H and O–H groups in total. The molecule has 1 amide bonds. The predicted octanol–water partition coefficient (Wildman–Crippen LogP) is 4.09. The lowest BCUT2D eigenvalue weighted by atomic mass is 10.1. The fraction of sp³-hybridized carbons (Fsp3) is 0.174. The molecule has 146 valence electrons. The second-order valence-corrected chi connectivity index (χ2v) is 7.68. The minimum atomic E-state index is 0.0995. The lowest BCUT2D eigenvalue weighted by Crippen LogP contribution is -2.33. The molecule has 0 atom stereocenters. The van der Waals surface area contributed by atoms with Crippen LogP contribution in [-0.2, 0) is 17.8 Å². The van der Waals surface area contributed by atoms with Crippen molar-refractivity contribution in [3.05, 3.63) is 96.2 Å². The Labute approximate surface area is 174 Å². The van der Waals surface area contributed by atoms with Gasteiger partial charge in [0.05, 0.1) is 5.75 Å². The first-order valence-corrected chi connectivity index (χ1v) is 10.6. The number of fused-ring (bicyclic) bond motifs is 1. The molecule has 2 aromatic carbocycles. The molecule has 29 heavy (non-hydrogen) atoms. The highest BCUT2D eigenvalue weighted by Crippen LogP contribution is 2.18. The summed E-state index contributed by atoms with van der Waals surface area (Å²) in [6.07, 6.45) is 2.75. The van der Waals surface area contributed by atoms with Gasteiger partial charge in [-0.2, -0.15) is 0 Å². The number of benzene rings is 2. The zero-order valence-corrected chi connectivity index (χ0v) is 16.8. The Balaban J connectivity index is 1.44. The van der Waals surface area contributed by atoms with E-state index in [1.54, 1.807) is 0 Å². The number of carbonyl (C=O) groups is 1. The molecule has 6 heteroatoms. The smallest absolute Gasteiger partial charge is 0.233 e. The van der Waals surface area contributed by atoms with E-state index in [2.05, 4.69) is 34.5 Å². The second-order valence-electron chi connectivity index (χ2n) is 6.74. The molecule has 4 aromatic rings. The molecule has 0 spiro atoms. The minimum Gasteiger partial charge on any atom is -0.337 e. The topological polar surface area (TPSA) is 50.5 Å². The number of aromatic nitrogens is 3. The van der Waals surface area contributed by atoms with Gasteiger partial charge in [-0.25, -0.2) is 0 Å². The van der Waals surface area contributed by atoms with Gasteiger partial charge < -0.3 is 4.90 Å². The van der Waals surface area contributed by atoms with Crippen LogP contribution in [0, 0.1) is 0 Å². The highest BCUT2D eigenvalue weighted by molar-refractivity contribution is 7.99. The number of carbonyl (C=O) groups excluding carboxylic acids is 1. The number of amides is 1. The van der Waals surface area contributed by atoms with Gasteiger partial charge in [0.2, 0.25) is 5.91 Å². The van der Waals surface area contributed by atoms with Gasteiger partial charge in [-0.15, -0.1) is 10.2 Å².